The molecule has 1 amide bonds. The third-order valence-corrected chi connectivity index (χ3v) is 5.44. The number of nitrogens with two attached hydrogens (primary N) is 1. The zero-order chi connectivity index (χ0) is 20.1. The highest BCUT2D eigenvalue weighted by molar-refractivity contribution is 7.99. The molecule has 28 heavy (non-hydrogen) atoms. The highest BCUT2D eigenvalue weighted by Gasteiger charge is 2.17. The Kier molecular flexibility index (Phi) is 6.32. The van der Waals surface area contributed by atoms with E-state index in [1.54, 1.807) is 12.6 Å². The fourth-order valence-electron chi connectivity index (χ4n) is 2.74. The molecule has 0 saturated carbocycles. The van der Waals surface area contributed by atoms with Crippen LogP contribution in [0, 0.1) is 6.92 Å². The number of nitrogens with zero attached hydrogens (tertiary/aromatic N) is 4. The Morgan fingerprint density at radius 2 is 2.18 bits per heavy atom. The van der Waals surface area contributed by atoms with E-state index in [-0.39, 0.29) is 6.42 Å². The summed E-state index contributed by atoms with van der Waals surface area (Å²) in [5.41, 5.74) is 9.94. The molecule has 0 aliphatic rings. The van der Waals surface area contributed by atoms with E-state index >= 15 is 0 Å². The van der Waals surface area contributed by atoms with Crippen molar-refractivity contribution in [2.24, 2.45) is 0 Å². The van der Waals surface area contributed by atoms with Crippen molar-refractivity contribution in [2.75, 3.05) is 12.8 Å². The van der Waals surface area contributed by atoms with Crippen molar-refractivity contribution in [3.8, 4) is 5.75 Å². The summed E-state index contributed by atoms with van der Waals surface area (Å²) in [6.07, 6.45) is 3.00. The number of hydroxylamine groups is 1. The highest BCUT2D eigenvalue weighted by atomic mass is 32.2. The number of amides is 1. The number of fused-ring (bicyclic) bond motifs is 1. The van der Waals surface area contributed by atoms with Gasteiger partial charge in [0.25, 0.3) is 0 Å². The van der Waals surface area contributed by atoms with Gasteiger partial charge in [0.1, 0.15) is 12.1 Å². The van der Waals surface area contributed by atoms with E-state index in [0.717, 1.165) is 21.4 Å². The molecule has 2 aromatic heterocycles. The van der Waals surface area contributed by atoms with Crippen LogP contribution in [0.4, 0.5) is 5.82 Å². The van der Waals surface area contributed by atoms with E-state index in [4.69, 9.17) is 15.7 Å². The summed E-state index contributed by atoms with van der Waals surface area (Å²) in [5, 5.41) is 9.35. The number of ether oxygens (including phenoxy) is 1. The summed E-state index contributed by atoms with van der Waals surface area (Å²) < 4.78 is 7.31. The van der Waals surface area contributed by atoms with Crippen LogP contribution in [0.15, 0.2) is 34.6 Å². The first-order valence-corrected chi connectivity index (χ1v) is 9.57. The Bertz CT molecular complexity index is 991. The summed E-state index contributed by atoms with van der Waals surface area (Å²) in [5.74, 6) is 0.696. The van der Waals surface area contributed by atoms with E-state index < -0.39 is 5.91 Å². The molecule has 9 nitrogen and oxygen atoms in total. The number of imidazole rings is 1. The third-order valence-electron chi connectivity index (χ3n) is 4.28. The molecule has 0 unspecified atom stereocenters. The van der Waals surface area contributed by atoms with Crippen LogP contribution in [-0.4, -0.2) is 37.7 Å². The van der Waals surface area contributed by atoms with E-state index in [1.807, 2.05) is 29.7 Å². The Morgan fingerprint density at radius 3 is 2.93 bits per heavy atom. The molecule has 10 heteroatoms. The van der Waals surface area contributed by atoms with Crippen LogP contribution >= 0.6 is 11.8 Å². The summed E-state index contributed by atoms with van der Waals surface area (Å²) in [6.45, 7) is 2.63. The predicted octanol–water partition coefficient (Wildman–Crippen LogP) is 2.55. The van der Waals surface area contributed by atoms with Gasteiger partial charge in [-0.05, 0) is 37.5 Å². The lowest BCUT2D eigenvalue weighted by molar-refractivity contribution is -0.129. The second-order valence-electron chi connectivity index (χ2n) is 6.20. The van der Waals surface area contributed by atoms with E-state index in [0.29, 0.717) is 36.4 Å². The smallest absolute Gasteiger partial charge is 0.243 e. The number of unbranched alkanes of at least 4 members (excludes halogenated alkanes) is 1. The second kappa shape index (κ2) is 8.89. The largest absolute Gasteiger partial charge is 0.497 e. The van der Waals surface area contributed by atoms with E-state index in [9.17, 15) is 4.79 Å². The molecule has 0 bridgehead atoms. The number of aryl methyl sites for hydroxylation is 2. The fraction of sp³-hybridized carbons (Fsp3) is 0.333. The Labute approximate surface area is 166 Å². The zero-order valence-corrected chi connectivity index (χ0v) is 16.5. The van der Waals surface area contributed by atoms with Gasteiger partial charge in [-0.15, -0.1) is 0 Å². The van der Waals surface area contributed by atoms with Crippen molar-refractivity contribution in [3.63, 3.8) is 0 Å². The fourth-order valence-corrected chi connectivity index (χ4v) is 3.77. The second-order valence-corrected chi connectivity index (χ2v) is 7.21. The van der Waals surface area contributed by atoms with Gasteiger partial charge in [0.05, 0.1) is 7.11 Å². The molecular weight excluding hydrogens is 380 g/mol. The summed E-state index contributed by atoms with van der Waals surface area (Å²) in [6, 6.07) is 5.87. The average molecular weight is 402 g/mol. The van der Waals surface area contributed by atoms with Crippen molar-refractivity contribution in [1.82, 2.24) is 25.0 Å². The zero-order valence-electron chi connectivity index (χ0n) is 15.7. The van der Waals surface area contributed by atoms with Crippen LogP contribution in [-0.2, 0) is 11.3 Å². The Morgan fingerprint density at radius 1 is 1.36 bits per heavy atom. The first-order valence-electron chi connectivity index (χ1n) is 8.75. The lowest BCUT2D eigenvalue weighted by atomic mass is 10.2. The number of nitrogen functional groups attached to an aromatic ring is 1. The number of nitrogens with one attached hydrogen (secondary N) is 1. The van der Waals surface area contributed by atoms with Crippen LogP contribution in [0.2, 0.25) is 0 Å². The van der Waals surface area contributed by atoms with Crippen molar-refractivity contribution < 1.29 is 14.7 Å². The Hall–Kier alpha value is -2.85. The first-order chi connectivity index (χ1) is 13.5. The lowest BCUT2D eigenvalue weighted by Crippen LogP contribution is -2.18. The number of hydrogen-bond donors (Lipinski definition) is 3. The highest BCUT2D eigenvalue weighted by Crippen LogP contribution is 2.34. The van der Waals surface area contributed by atoms with Crippen molar-refractivity contribution >= 4 is 34.7 Å². The maximum Gasteiger partial charge on any atom is 0.243 e. The van der Waals surface area contributed by atoms with Gasteiger partial charge in [-0.25, -0.2) is 20.4 Å². The number of aromatic nitrogens is 4. The molecular formula is C18H22N6O3S. The molecule has 148 valence electrons. The molecule has 3 aromatic rings. The maximum atomic E-state index is 11.2. The molecule has 0 fully saturated rings. The monoisotopic (exact) mass is 402 g/mol. The average Bonchev–Trinajstić information content (AvgIpc) is 3.05. The summed E-state index contributed by atoms with van der Waals surface area (Å²) >= 11 is 1.50. The van der Waals surface area contributed by atoms with Gasteiger partial charge < -0.3 is 15.0 Å². The molecule has 0 saturated heterocycles. The van der Waals surface area contributed by atoms with Crippen LogP contribution < -0.4 is 16.0 Å². The number of rotatable bonds is 8. The van der Waals surface area contributed by atoms with Crippen LogP contribution in [0.3, 0.4) is 0 Å². The molecule has 3 rings (SSSR count). The number of carbonyl (C=O) groups is 1. The van der Waals surface area contributed by atoms with Crippen molar-refractivity contribution in [1.29, 1.82) is 0 Å². The van der Waals surface area contributed by atoms with Gasteiger partial charge in [-0.2, -0.15) is 0 Å². The van der Waals surface area contributed by atoms with Crippen molar-refractivity contribution in [2.45, 2.75) is 42.8 Å². The molecule has 4 N–H and O–H groups in total. The lowest BCUT2D eigenvalue weighted by Gasteiger charge is -2.10. The van der Waals surface area contributed by atoms with Gasteiger partial charge in [0.2, 0.25) is 5.91 Å². The molecule has 2 heterocycles. The van der Waals surface area contributed by atoms with Crippen LogP contribution in [0.5, 0.6) is 5.75 Å². The van der Waals surface area contributed by atoms with Crippen LogP contribution in [0.1, 0.15) is 24.8 Å². The number of benzene rings is 1. The molecule has 0 radical (unpaired) electrons. The minimum absolute atomic E-state index is 0.248. The van der Waals surface area contributed by atoms with Crippen molar-refractivity contribution in [3.05, 3.63) is 30.1 Å². The van der Waals surface area contributed by atoms with E-state index in [1.165, 1.54) is 18.1 Å². The summed E-state index contributed by atoms with van der Waals surface area (Å²) in [7, 11) is 1.63. The normalized spacial score (nSPS) is 11.0. The number of carbonyl (C=O) groups excluding carboxylic acids is 1. The topological polar surface area (TPSA) is 128 Å². The van der Waals surface area contributed by atoms with E-state index in [2.05, 4.69) is 15.0 Å². The van der Waals surface area contributed by atoms with Gasteiger partial charge in [0.15, 0.2) is 22.1 Å². The molecule has 0 spiro atoms. The Balaban J connectivity index is 1.90. The number of hydrogen-bond acceptors (Lipinski definition) is 8. The molecule has 1 aromatic carbocycles. The number of anilines is 1. The van der Waals surface area contributed by atoms with Gasteiger partial charge >= 0.3 is 0 Å². The maximum absolute atomic E-state index is 11.2. The van der Waals surface area contributed by atoms with Gasteiger partial charge in [-0.3, -0.25) is 10.0 Å². The molecule has 0 aliphatic heterocycles. The van der Waals surface area contributed by atoms with Gasteiger partial charge in [-0.1, -0.05) is 17.8 Å². The SMILES string of the molecule is COc1ccc(C)c(Sc2nc3c(N)ncnc3n2CCCCC(=O)NO)c1. The third kappa shape index (κ3) is 4.34. The molecule has 0 aliphatic carbocycles. The molecule has 0 atom stereocenters. The number of methoxy groups -OCH3 is 1. The van der Waals surface area contributed by atoms with Crippen LogP contribution in [0.25, 0.3) is 11.2 Å². The minimum atomic E-state index is -0.399. The minimum Gasteiger partial charge on any atom is -0.497 e. The quantitative estimate of drug-likeness (QED) is 0.298. The first kappa shape index (κ1) is 19.9. The standard InChI is InChI=1S/C18H22N6O3S/c1-11-6-7-12(27-2)9-13(11)28-18-22-15-16(19)20-10-21-17(15)24(18)8-4-3-5-14(25)23-26/h6-7,9-10,26H,3-5,8H2,1-2H3,(H,23,25)(H2,19,20,21). The van der Waals surface area contributed by atoms with Gasteiger partial charge in [0, 0.05) is 17.9 Å². The summed E-state index contributed by atoms with van der Waals surface area (Å²) in [4.78, 5) is 25.2. The predicted molar refractivity (Wildman–Crippen MR) is 105 cm³/mol.